The van der Waals surface area contributed by atoms with Gasteiger partial charge in [0.1, 0.15) is 5.75 Å². The van der Waals surface area contributed by atoms with Gasteiger partial charge in [-0.05, 0) is 30.3 Å². The van der Waals surface area contributed by atoms with Crippen LogP contribution in [0, 0.1) is 0 Å². The number of benzene rings is 3. The van der Waals surface area contributed by atoms with Crippen molar-refractivity contribution in [3.05, 3.63) is 76.8 Å². The molecule has 0 N–H and O–H groups in total. The van der Waals surface area contributed by atoms with Crippen LogP contribution in [0.3, 0.4) is 0 Å². The summed E-state index contributed by atoms with van der Waals surface area (Å²) in [6.07, 6.45) is 0. The first-order valence-corrected chi connectivity index (χ1v) is 7.88. The van der Waals surface area contributed by atoms with Crippen molar-refractivity contribution in [2.24, 2.45) is 0 Å². The number of fused-ring (bicyclic) bond motifs is 3. The van der Waals surface area contributed by atoms with Gasteiger partial charge in [0.25, 0.3) is 0 Å². The first-order valence-electron chi connectivity index (χ1n) is 7.12. The van der Waals surface area contributed by atoms with Crippen molar-refractivity contribution in [1.82, 2.24) is 4.98 Å². The summed E-state index contributed by atoms with van der Waals surface area (Å²) >= 11 is 12.3. The summed E-state index contributed by atoms with van der Waals surface area (Å²) in [5.41, 5.74) is 0.865. The highest BCUT2D eigenvalue weighted by molar-refractivity contribution is 6.37. The molecule has 3 aromatic carbocycles. The van der Waals surface area contributed by atoms with Crippen molar-refractivity contribution in [1.29, 1.82) is 0 Å². The number of halogens is 2. The van der Waals surface area contributed by atoms with Crippen LogP contribution in [0.2, 0.25) is 10.0 Å². The number of rotatable bonds is 2. The lowest BCUT2D eigenvalue weighted by atomic mass is 10.1. The highest BCUT2D eigenvalue weighted by Gasteiger charge is 2.08. The number of nitrogens with zero attached hydrogens (tertiary/aromatic N) is 1. The summed E-state index contributed by atoms with van der Waals surface area (Å²) in [6.45, 7) is 0. The predicted molar refractivity (Wildman–Crippen MR) is 95.8 cm³/mol. The monoisotopic (exact) mass is 339 g/mol. The van der Waals surface area contributed by atoms with E-state index in [9.17, 15) is 0 Å². The third-order valence-electron chi connectivity index (χ3n) is 3.64. The maximum atomic E-state index is 6.35. The van der Waals surface area contributed by atoms with Gasteiger partial charge in [0.2, 0.25) is 5.88 Å². The summed E-state index contributed by atoms with van der Waals surface area (Å²) in [5.74, 6) is 1.18. The minimum Gasteiger partial charge on any atom is -0.439 e. The van der Waals surface area contributed by atoms with E-state index in [1.54, 1.807) is 12.1 Å². The minimum absolute atomic E-state index is 0.521. The Bertz CT molecular complexity index is 1030. The summed E-state index contributed by atoms with van der Waals surface area (Å²) in [4.78, 5) is 4.65. The van der Waals surface area contributed by atoms with Crippen LogP contribution in [0.15, 0.2) is 66.7 Å². The molecule has 1 aromatic heterocycles. The quantitative estimate of drug-likeness (QED) is 0.389. The third kappa shape index (κ3) is 2.72. The third-order valence-corrected chi connectivity index (χ3v) is 4.19. The number of hydrogen-bond donors (Lipinski definition) is 0. The zero-order valence-electron chi connectivity index (χ0n) is 12.0. The molecule has 2 nitrogen and oxygen atoms in total. The van der Waals surface area contributed by atoms with Crippen LogP contribution in [0.25, 0.3) is 21.7 Å². The van der Waals surface area contributed by atoms with E-state index < -0.39 is 0 Å². The highest BCUT2D eigenvalue weighted by atomic mass is 35.5. The van der Waals surface area contributed by atoms with Crippen molar-refractivity contribution >= 4 is 44.9 Å². The van der Waals surface area contributed by atoms with Crippen LogP contribution >= 0.6 is 23.2 Å². The first kappa shape index (κ1) is 14.3. The predicted octanol–water partition coefficient (Wildman–Crippen LogP) is 6.49. The van der Waals surface area contributed by atoms with E-state index in [-0.39, 0.29) is 0 Å². The number of pyridine rings is 1. The lowest BCUT2D eigenvalue weighted by Gasteiger charge is -2.09. The molecule has 0 aliphatic rings. The van der Waals surface area contributed by atoms with Gasteiger partial charge in [-0.25, -0.2) is 4.98 Å². The molecule has 23 heavy (non-hydrogen) atoms. The van der Waals surface area contributed by atoms with Crippen LogP contribution in [-0.2, 0) is 0 Å². The van der Waals surface area contributed by atoms with E-state index in [0.717, 1.165) is 26.7 Å². The van der Waals surface area contributed by atoms with E-state index in [1.807, 2.05) is 54.6 Å². The van der Waals surface area contributed by atoms with E-state index in [2.05, 4.69) is 4.98 Å². The van der Waals surface area contributed by atoms with E-state index in [0.29, 0.717) is 16.7 Å². The van der Waals surface area contributed by atoms with E-state index >= 15 is 0 Å². The zero-order chi connectivity index (χ0) is 15.8. The lowest BCUT2D eigenvalue weighted by Crippen LogP contribution is -1.90. The van der Waals surface area contributed by atoms with Crippen LogP contribution < -0.4 is 4.74 Å². The second-order valence-electron chi connectivity index (χ2n) is 5.18. The summed E-state index contributed by atoms with van der Waals surface area (Å²) in [6, 6.07) is 20.9. The van der Waals surface area contributed by atoms with Gasteiger partial charge in [-0.1, -0.05) is 53.5 Å². The molecule has 112 valence electrons. The topological polar surface area (TPSA) is 22.1 Å². The maximum Gasteiger partial charge on any atom is 0.219 e. The molecule has 4 rings (SSSR count). The standard InChI is InChI=1S/C19H11Cl2NO/c20-13-4-3-5-14(11-13)23-18-9-8-12-10-17(21)15-6-1-2-7-16(15)19(12)22-18/h1-11H. The fourth-order valence-electron chi connectivity index (χ4n) is 2.60. The summed E-state index contributed by atoms with van der Waals surface area (Å²) < 4.78 is 5.82. The number of ether oxygens (including phenoxy) is 1. The molecule has 0 bridgehead atoms. The Kier molecular flexibility index (Phi) is 3.56. The van der Waals surface area contributed by atoms with Crippen molar-refractivity contribution < 1.29 is 4.74 Å². The molecule has 0 aliphatic carbocycles. The Hall–Kier alpha value is -2.29. The number of hydrogen-bond acceptors (Lipinski definition) is 2. The molecule has 0 aliphatic heterocycles. The SMILES string of the molecule is Clc1cccc(Oc2ccc3cc(Cl)c4ccccc4c3n2)c1. The maximum absolute atomic E-state index is 6.35. The Morgan fingerprint density at radius 3 is 2.43 bits per heavy atom. The van der Waals surface area contributed by atoms with Crippen molar-refractivity contribution in [3.63, 3.8) is 0 Å². The van der Waals surface area contributed by atoms with Gasteiger partial charge >= 0.3 is 0 Å². The second-order valence-corrected chi connectivity index (χ2v) is 6.03. The fraction of sp³-hybridized carbons (Fsp3) is 0. The van der Waals surface area contributed by atoms with Crippen molar-refractivity contribution in [2.45, 2.75) is 0 Å². The van der Waals surface area contributed by atoms with Crippen LogP contribution in [0.1, 0.15) is 0 Å². The summed E-state index contributed by atoms with van der Waals surface area (Å²) in [5, 5.41) is 4.31. The van der Waals surface area contributed by atoms with Crippen LogP contribution in [0.5, 0.6) is 11.6 Å². The minimum atomic E-state index is 0.521. The molecule has 0 atom stereocenters. The first-order chi connectivity index (χ1) is 11.2. The molecule has 0 amide bonds. The zero-order valence-corrected chi connectivity index (χ0v) is 13.5. The van der Waals surface area contributed by atoms with Crippen molar-refractivity contribution in [2.75, 3.05) is 0 Å². The van der Waals surface area contributed by atoms with Gasteiger partial charge in [0.05, 0.1) is 5.52 Å². The largest absolute Gasteiger partial charge is 0.439 e. The molecule has 0 fully saturated rings. The van der Waals surface area contributed by atoms with Gasteiger partial charge in [-0.2, -0.15) is 0 Å². The van der Waals surface area contributed by atoms with E-state index in [4.69, 9.17) is 27.9 Å². The highest BCUT2D eigenvalue weighted by Crippen LogP contribution is 2.32. The molecule has 0 saturated heterocycles. The van der Waals surface area contributed by atoms with Gasteiger partial charge in [0, 0.05) is 32.3 Å². The molecule has 4 aromatic rings. The Balaban J connectivity index is 1.87. The molecule has 0 saturated carbocycles. The second kappa shape index (κ2) is 5.73. The normalized spacial score (nSPS) is 11.0. The molecular weight excluding hydrogens is 329 g/mol. The van der Waals surface area contributed by atoms with Gasteiger partial charge in [-0.15, -0.1) is 0 Å². The molecule has 0 radical (unpaired) electrons. The molecule has 4 heteroatoms. The molecular formula is C19H11Cl2NO. The summed E-state index contributed by atoms with van der Waals surface area (Å²) in [7, 11) is 0. The fourth-order valence-corrected chi connectivity index (χ4v) is 3.07. The smallest absolute Gasteiger partial charge is 0.219 e. The average molecular weight is 340 g/mol. The van der Waals surface area contributed by atoms with Crippen LogP contribution in [-0.4, -0.2) is 4.98 Å². The lowest BCUT2D eigenvalue weighted by molar-refractivity contribution is 0.465. The average Bonchev–Trinajstić information content (AvgIpc) is 2.56. The van der Waals surface area contributed by atoms with Crippen molar-refractivity contribution in [3.8, 4) is 11.6 Å². The Morgan fingerprint density at radius 2 is 1.61 bits per heavy atom. The molecule has 0 spiro atoms. The van der Waals surface area contributed by atoms with Gasteiger partial charge < -0.3 is 4.74 Å². The van der Waals surface area contributed by atoms with Gasteiger partial charge in [0.15, 0.2) is 0 Å². The Labute approximate surface area is 143 Å². The van der Waals surface area contributed by atoms with Crippen LogP contribution in [0.4, 0.5) is 0 Å². The Morgan fingerprint density at radius 1 is 0.783 bits per heavy atom. The molecule has 0 unspecified atom stereocenters. The van der Waals surface area contributed by atoms with E-state index in [1.165, 1.54) is 0 Å². The molecule has 1 heterocycles. The number of aromatic nitrogens is 1. The van der Waals surface area contributed by atoms with Gasteiger partial charge in [-0.3, -0.25) is 0 Å².